The average Bonchev–Trinajstić information content (AvgIpc) is 2.38. The normalized spacial score (nSPS) is 20.4. The highest BCUT2D eigenvalue weighted by Gasteiger charge is 2.18. The van der Waals surface area contributed by atoms with E-state index in [4.69, 9.17) is 5.11 Å². The summed E-state index contributed by atoms with van der Waals surface area (Å²) in [5.41, 5.74) is 2.76. The van der Waals surface area contributed by atoms with E-state index in [1.165, 1.54) is 11.1 Å². The molecule has 0 spiro atoms. The summed E-state index contributed by atoms with van der Waals surface area (Å²) in [7, 11) is 0. The number of rotatable bonds is 2. The van der Waals surface area contributed by atoms with E-state index in [-0.39, 0.29) is 0 Å². The van der Waals surface area contributed by atoms with E-state index in [2.05, 4.69) is 18.2 Å². The summed E-state index contributed by atoms with van der Waals surface area (Å²) >= 11 is 0. The molecule has 0 bridgehead atoms. The standard InChI is InChI=1S/C13H16O2/c14-13(15)9-10-4-3-7-11-5-1-2-6-12(11)8-10/h1-2,5-6,10H,3-4,7-9H2,(H,14,15)/t10-/m0/s1. The highest BCUT2D eigenvalue weighted by atomic mass is 16.4. The van der Waals surface area contributed by atoms with Crippen LogP contribution < -0.4 is 0 Å². The third-order valence-corrected chi connectivity index (χ3v) is 3.15. The Morgan fingerprint density at radius 1 is 1.33 bits per heavy atom. The summed E-state index contributed by atoms with van der Waals surface area (Å²) in [6.07, 6.45) is 4.51. The van der Waals surface area contributed by atoms with Crippen LogP contribution in [0.1, 0.15) is 30.4 Å². The van der Waals surface area contributed by atoms with Crippen molar-refractivity contribution in [1.82, 2.24) is 0 Å². The second-order valence-electron chi connectivity index (χ2n) is 4.33. The molecule has 15 heavy (non-hydrogen) atoms. The lowest BCUT2D eigenvalue weighted by Crippen LogP contribution is -2.09. The van der Waals surface area contributed by atoms with Crippen LogP contribution in [-0.4, -0.2) is 11.1 Å². The number of hydrogen-bond acceptors (Lipinski definition) is 1. The minimum absolute atomic E-state index is 0.314. The summed E-state index contributed by atoms with van der Waals surface area (Å²) in [6.45, 7) is 0. The van der Waals surface area contributed by atoms with Crippen LogP contribution in [0.25, 0.3) is 0 Å². The molecule has 0 unspecified atom stereocenters. The lowest BCUT2D eigenvalue weighted by molar-refractivity contribution is -0.138. The monoisotopic (exact) mass is 204 g/mol. The van der Waals surface area contributed by atoms with Crippen LogP contribution >= 0.6 is 0 Å². The molecular formula is C13H16O2. The van der Waals surface area contributed by atoms with E-state index in [0.29, 0.717) is 12.3 Å². The maximum Gasteiger partial charge on any atom is 0.303 e. The largest absolute Gasteiger partial charge is 0.481 e. The molecule has 0 aromatic heterocycles. The lowest BCUT2D eigenvalue weighted by Gasteiger charge is -2.11. The van der Waals surface area contributed by atoms with Crippen molar-refractivity contribution in [2.75, 3.05) is 0 Å². The summed E-state index contributed by atoms with van der Waals surface area (Å²) in [6, 6.07) is 8.41. The van der Waals surface area contributed by atoms with Crippen molar-refractivity contribution >= 4 is 5.97 Å². The quantitative estimate of drug-likeness (QED) is 0.752. The van der Waals surface area contributed by atoms with Crippen molar-refractivity contribution in [1.29, 1.82) is 0 Å². The van der Waals surface area contributed by atoms with Crippen molar-refractivity contribution in [3.05, 3.63) is 35.4 Å². The SMILES string of the molecule is O=C(O)C[C@H]1CCCc2ccccc2C1. The van der Waals surface area contributed by atoms with Gasteiger partial charge in [0, 0.05) is 6.42 Å². The van der Waals surface area contributed by atoms with E-state index < -0.39 is 5.97 Å². The predicted molar refractivity (Wildman–Crippen MR) is 58.8 cm³/mol. The molecule has 0 aliphatic heterocycles. The lowest BCUT2D eigenvalue weighted by atomic mass is 9.94. The molecule has 1 aromatic rings. The number of carboxylic acid groups (broad SMARTS) is 1. The molecule has 1 N–H and O–H groups in total. The van der Waals surface area contributed by atoms with E-state index in [1.54, 1.807) is 0 Å². The topological polar surface area (TPSA) is 37.3 Å². The molecule has 80 valence electrons. The molecule has 0 heterocycles. The molecule has 2 nitrogen and oxygen atoms in total. The van der Waals surface area contributed by atoms with Crippen molar-refractivity contribution < 1.29 is 9.90 Å². The highest BCUT2D eigenvalue weighted by molar-refractivity contribution is 5.67. The fourth-order valence-corrected chi connectivity index (χ4v) is 2.42. The van der Waals surface area contributed by atoms with Gasteiger partial charge >= 0.3 is 5.97 Å². The second kappa shape index (κ2) is 4.47. The molecule has 0 saturated carbocycles. The molecule has 2 heteroatoms. The van der Waals surface area contributed by atoms with Gasteiger partial charge in [-0.2, -0.15) is 0 Å². The Kier molecular flexibility index (Phi) is 3.05. The van der Waals surface area contributed by atoms with Gasteiger partial charge in [0.25, 0.3) is 0 Å². The maximum absolute atomic E-state index is 10.7. The van der Waals surface area contributed by atoms with Gasteiger partial charge in [0.05, 0.1) is 0 Å². The van der Waals surface area contributed by atoms with Gasteiger partial charge in [-0.25, -0.2) is 0 Å². The first kappa shape index (κ1) is 10.2. The minimum Gasteiger partial charge on any atom is -0.481 e. The number of fused-ring (bicyclic) bond motifs is 1. The van der Waals surface area contributed by atoms with E-state index in [0.717, 1.165) is 25.7 Å². The van der Waals surface area contributed by atoms with Gasteiger partial charge in [-0.1, -0.05) is 24.3 Å². The second-order valence-corrected chi connectivity index (χ2v) is 4.33. The van der Waals surface area contributed by atoms with E-state index in [1.807, 2.05) is 6.07 Å². The summed E-state index contributed by atoms with van der Waals surface area (Å²) in [4.78, 5) is 10.7. The van der Waals surface area contributed by atoms with Crippen LogP contribution in [0.4, 0.5) is 0 Å². The molecule has 0 fully saturated rings. The fourth-order valence-electron chi connectivity index (χ4n) is 2.42. The first-order chi connectivity index (χ1) is 7.25. The summed E-state index contributed by atoms with van der Waals surface area (Å²) in [5, 5.41) is 8.81. The van der Waals surface area contributed by atoms with Gasteiger partial charge in [-0.3, -0.25) is 4.79 Å². The fraction of sp³-hybridized carbons (Fsp3) is 0.462. The molecule has 0 radical (unpaired) electrons. The Morgan fingerprint density at radius 3 is 2.80 bits per heavy atom. The number of aryl methyl sites for hydroxylation is 1. The first-order valence-electron chi connectivity index (χ1n) is 5.54. The number of hydrogen-bond donors (Lipinski definition) is 1. The summed E-state index contributed by atoms with van der Waals surface area (Å²) < 4.78 is 0. The van der Waals surface area contributed by atoms with E-state index >= 15 is 0 Å². The molecule has 1 atom stereocenters. The Labute approximate surface area is 89.9 Å². The third-order valence-electron chi connectivity index (χ3n) is 3.15. The number of carbonyl (C=O) groups is 1. The van der Waals surface area contributed by atoms with Crippen LogP contribution in [0.3, 0.4) is 0 Å². The van der Waals surface area contributed by atoms with E-state index in [9.17, 15) is 4.79 Å². The first-order valence-corrected chi connectivity index (χ1v) is 5.54. The molecule has 1 aliphatic rings. The van der Waals surface area contributed by atoms with Gasteiger partial charge < -0.3 is 5.11 Å². The number of carboxylic acids is 1. The minimum atomic E-state index is -0.667. The van der Waals surface area contributed by atoms with Gasteiger partial charge in [0.2, 0.25) is 0 Å². The van der Waals surface area contributed by atoms with Crippen molar-refractivity contribution in [3.8, 4) is 0 Å². The summed E-state index contributed by atoms with van der Waals surface area (Å²) in [5.74, 6) is -0.342. The number of benzene rings is 1. The molecule has 0 amide bonds. The molecule has 2 rings (SSSR count). The Hall–Kier alpha value is -1.31. The van der Waals surface area contributed by atoms with Crippen molar-refractivity contribution in [2.24, 2.45) is 5.92 Å². The maximum atomic E-state index is 10.7. The van der Waals surface area contributed by atoms with Gasteiger partial charge in [-0.15, -0.1) is 0 Å². The molecule has 1 aromatic carbocycles. The van der Waals surface area contributed by atoms with Gasteiger partial charge in [0.15, 0.2) is 0 Å². The van der Waals surface area contributed by atoms with Crippen molar-refractivity contribution in [3.63, 3.8) is 0 Å². The van der Waals surface area contributed by atoms with Crippen LogP contribution in [0.5, 0.6) is 0 Å². The third kappa shape index (κ3) is 2.58. The van der Waals surface area contributed by atoms with Crippen LogP contribution in [0.15, 0.2) is 24.3 Å². The predicted octanol–water partition coefficient (Wildman–Crippen LogP) is 2.66. The number of aliphatic carboxylic acids is 1. The average molecular weight is 204 g/mol. The van der Waals surface area contributed by atoms with Gasteiger partial charge in [-0.05, 0) is 42.7 Å². The zero-order chi connectivity index (χ0) is 10.7. The molecule has 1 aliphatic carbocycles. The van der Waals surface area contributed by atoms with Crippen LogP contribution in [0, 0.1) is 5.92 Å². The van der Waals surface area contributed by atoms with Crippen LogP contribution in [-0.2, 0) is 17.6 Å². The van der Waals surface area contributed by atoms with Crippen LogP contribution in [0.2, 0.25) is 0 Å². The zero-order valence-electron chi connectivity index (χ0n) is 8.78. The molecular weight excluding hydrogens is 188 g/mol. The van der Waals surface area contributed by atoms with Crippen molar-refractivity contribution in [2.45, 2.75) is 32.1 Å². The Bertz CT molecular complexity index is 357. The molecule has 0 saturated heterocycles. The van der Waals surface area contributed by atoms with Gasteiger partial charge in [0.1, 0.15) is 0 Å². The smallest absolute Gasteiger partial charge is 0.303 e. The zero-order valence-corrected chi connectivity index (χ0v) is 8.78. The Morgan fingerprint density at radius 2 is 2.07 bits per heavy atom. The highest BCUT2D eigenvalue weighted by Crippen LogP contribution is 2.26. The Balaban J connectivity index is 2.13.